The van der Waals surface area contributed by atoms with E-state index in [-0.39, 0.29) is 18.7 Å². The van der Waals surface area contributed by atoms with Gasteiger partial charge >= 0.3 is 0 Å². The van der Waals surface area contributed by atoms with E-state index < -0.39 is 12.4 Å². The molecule has 0 spiro atoms. The van der Waals surface area contributed by atoms with Gasteiger partial charge in [-0.1, -0.05) is 12.1 Å². The SMILES string of the molecule is COc1cc(C(=O)CO)ccc1CC(=O)CNCl. The minimum absolute atomic E-state index is 0.0576. The second kappa shape index (κ2) is 7.10. The number of ketones is 2. The van der Waals surface area contributed by atoms with Crippen LogP contribution < -0.4 is 9.57 Å². The summed E-state index contributed by atoms with van der Waals surface area (Å²) in [6, 6.07) is 4.70. The summed E-state index contributed by atoms with van der Waals surface area (Å²) in [5.74, 6) is -0.0460. The van der Waals surface area contributed by atoms with Crippen molar-refractivity contribution in [2.24, 2.45) is 0 Å². The molecule has 0 aliphatic heterocycles. The number of hydrogen-bond acceptors (Lipinski definition) is 5. The van der Waals surface area contributed by atoms with E-state index in [0.29, 0.717) is 16.9 Å². The van der Waals surface area contributed by atoms with Crippen LogP contribution in [0.15, 0.2) is 18.2 Å². The van der Waals surface area contributed by atoms with Gasteiger partial charge in [0.15, 0.2) is 11.6 Å². The third-order valence-corrected chi connectivity index (χ3v) is 2.54. The number of carbonyl (C=O) groups is 2. The lowest BCUT2D eigenvalue weighted by molar-refractivity contribution is -0.117. The number of rotatable bonds is 7. The lowest BCUT2D eigenvalue weighted by Crippen LogP contribution is -2.17. The predicted molar refractivity (Wildman–Crippen MR) is 67.0 cm³/mol. The molecule has 0 radical (unpaired) electrons. The quantitative estimate of drug-likeness (QED) is 0.565. The number of carbonyl (C=O) groups excluding carboxylic acids is 2. The lowest BCUT2D eigenvalue weighted by Gasteiger charge is -2.09. The number of aliphatic hydroxyl groups is 1. The summed E-state index contributed by atoms with van der Waals surface area (Å²) in [6.07, 6.45) is 0.163. The van der Waals surface area contributed by atoms with Crippen molar-refractivity contribution in [1.29, 1.82) is 0 Å². The Bertz CT molecular complexity index is 448. The number of methoxy groups -OCH3 is 1. The number of aliphatic hydroxyl groups excluding tert-OH is 1. The number of ether oxygens (including phenoxy) is 1. The molecule has 0 amide bonds. The van der Waals surface area contributed by atoms with Gasteiger partial charge in [0.25, 0.3) is 0 Å². The summed E-state index contributed by atoms with van der Waals surface area (Å²) >= 11 is 5.25. The Morgan fingerprint density at radius 3 is 2.72 bits per heavy atom. The molecule has 6 heteroatoms. The van der Waals surface area contributed by atoms with Gasteiger partial charge in [0.05, 0.1) is 13.7 Å². The molecule has 1 rings (SSSR count). The van der Waals surface area contributed by atoms with E-state index in [9.17, 15) is 9.59 Å². The zero-order valence-electron chi connectivity index (χ0n) is 9.90. The van der Waals surface area contributed by atoms with E-state index in [1.54, 1.807) is 12.1 Å². The molecular formula is C12H14ClNO4. The normalized spacial score (nSPS) is 10.2. The molecule has 0 aromatic heterocycles. The Kier molecular flexibility index (Phi) is 5.77. The fourth-order valence-electron chi connectivity index (χ4n) is 1.50. The first kappa shape index (κ1) is 14.6. The molecule has 1 aromatic carbocycles. The van der Waals surface area contributed by atoms with Crippen LogP contribution in [0.2, 0.25) is 0 Å². The maximum Gasteiger partial charge on any atom is 0.188 e. The number of halogens is 1. The fourth-order valence-corrected chi connectivity index (χ4v) is 1.65. The molecule has 0 atom stereocenters. The highest BCUT2D eigenvalue weighted by Crippen LogP contribution is 2.21. The van der Waals surface area contributed by atoms with Gasteiger partial charge < -0.3 is 9.84 Å². The largest absolute Gasteiger partial charge is 0.496 e. The first-order valence-electron chi connectivity index (χ1n) is 5.28. The summed E-state index contributed by atoms with van der Waals surface area (Å²) in [5, 5.41) is 8.77. The molecule has 1 aromatic rings. The predicted octanol–water partition coefficient (Wildman–Crippen LogP) is 0.725. The van der Waals surface area contributed by atoms with E-state index in [1.807, 2.05) is 0 Å². The minimum Gasteiger partial charge on any atom is -0.496 e. The van der Waals surface area contributed by atoms with Gasteiger partial charge in [-0.2, -0.15) is 0 Å². The van der Waals surface area contributed by atoms with Gasteiger partial charge in [-0.3, -0.25) is 9.59 Å². The second-order valence-electron chi connectivity index (χ2n) is 3.63. The Balaban J connectivity index is 2.93. The highest BCUT2D eigenvalue weighted by atomic mass is 35.5. The molecule has 18 heavy (non-hydrogen) atoms. The topological polar surface area (TPSA) is 75.6 Å². The van der Waals surface area contributed by atoms with Gasteiger partial charge in [0.1, 0.15) is 12.4 Å². The lowest BCUT2D eigenvalue weighted by atomic mass is 10.0. The van der Waals surface area contributed by atoms with Crippen molar-refractivity contribution >= 4 is 23.3 Å². The van der Waals surface area contributed by atoms with E-state index in [2.05, 4.69) is 4.84 Å². The van der Waals surface area contributed by atoms with Crippen LogP contribution >= 0.6 is 11.8 Å². The summed E-state index contributed by atoms with van der Waals surface area (Å²) in [5.41, 5.74) is 1.02. The van der Waals surface area contributed by atoms with Gasteiger partial charge in [0, 0.05) is 17.5 Å². The van der Waals surface area contributed by atoms with Crippen LogP contribution in [0.1, 0.15) is 15.9 Å². The summed E-state index contributed by atoms with van der Waals surface area (Å²) in [7, 11) is 1.45. The van der Waals surface area contributed by atoms with Crippen molar-refractivity contribution < 1.29 is 19.4 Å². The number of nitrogens with one attached hydrogen (secondary N) is 1. The van der Waals surface area contributed by atoms with E-state index in [4.69, 9.17) is 21.6 Å². The molecule has 0 fully saturated rings. The zero-order chi connectivity index (χ0) is 13.5. The number of benzene rings is 1. The molecular weight excluding hydrogens is 258 g/mol. The third kappa shape index (κ3) is 3.80. The molecule has 2 N–H and O–H groups in total. The van der Waals surface area contributed by atoms with Crippen LogP contribution in [0.3, 0.4) is 0 Å². The van der Waals surface area contributed by atoms with Crippen LogP contribution in [0, 0.1) is 0 Å². The first-order valence-corrected chi connectivity index (χ1v) is 5.66. The number of Topliss-reactive ketones (excluding diaryl/α,β-unsaturated/α-hetero) is 2. The average molecular weight is 272 g/mol. The maximum absolute atomic E-state index is 11.4. The van der Waals surface area contributed by atoms with Crippen molar-refractivity contribution in [1.82, 2.24) is 4.84 Å². The molecule has 0 bridgehead atoms. The summed E-state index contributed by atoms with van der Waals surface area (Å²) in [6.45, 7) is -0.500. The van der Waals surface area contributed by atoms with Gasteiger partial charge in [-0.05, 0) is 17.8 Å². The van der Waals surface area contributed by atoms with Gasteiger partial charge in [-0.25, -0.2) is 4.84 Å². The Hall–Kier alpha value is -1.43. The van der Waals surface area contributed by atoms with Crippen molar-refractivity contribution in [2.75, 3.05) is 20.3 Å². The fraction of sp³-hybridized carbons (Fsp3) is 0.333. The van der Waals surface area contributed by atoms with E-state index >= 15 is 0 Å². The molecule has 0 unspecified atom stereocenters. The Labute approximate surface area is 110 Å². The molecule has 0 aliphatic carbocycles. The van der Waals surface area contributed by atoms with Crippen molar-refractivity contribution in [3.05, 3.63) is 29.3 Å². The van der Waals surface area contributed by atoms with Crippen molar-refractivity contribution in [3.63, 3.8) is 0 Å². The first-order chi connectivity index (χ1) is 8.62. The summed E-state index contributed by atoms with van der Waals surface area (Å²) < 4.78 is 5.12. The maximum atomic E-state index is 11.4. The van der Waals surface area contributed by atoms with Crippen LogP contribution in [-0.2, 0) is 11.2 Å². The van der Waals surface area contributed by atoms with Crippen LogP contribution in [-0.4, -0.2) is 36.9 Å². The smallest absolute Gasteiger partial charge is 0.188 e. The monoisotopic (exact) mass is 271 g/mol. The average Bonchev–Trinajstić information content (AvgIpc) is 2.38. The molecule has 0 aliphatic rings. The Morgan fingerprint density at radius 2 is 2.17 bits per heavy atom. The summed E-state index contributed by atoms with van der Waals surface area (Å²) in [4.78, 5) is 25.0. The van der Waals surface area contributed by atoms with E-state index in [1.165, 1.54) is 13.2 Å². The van der Waals surface area contributed by atoms with Gasteiger partial charge in [-0.15, -0.1) is 0 Å². The highest BCUT2D eigenvalue weighted by molar-refractivity contribution is 6.14. The van der Waals surface area contributed by atoms with Crippen LogP contribution in [0.25, 0.3) is 0 Å². The van der Waals surface area contributed by atoms with Crippen LogP contribution in [0.4, 0.5) is 0 Å². The van der Waals surface area contributed by atoms with Crippen molar-refractivity contribution in [3.8, 4) is 5.75 Å². The van der Waals surface area contributed by atoms with Crippen LogP contribution in [0.5, 0.6) is 5.75 Å². The van der Waals surface area contributed by atoms with E-state index in [0.717, 1.165) is 0 Å². The zero-order valence-corrected chi connectivity index (χ0v) is 10.7. The molecule has 0 heterocycles. The highest BCUT2D eigenvalue weighted by Gasteiger charge is 2.12. The molecule has 5 nitrogen and oxygen atoms in total. The molecule has 0 saturated carbocycles. The standard InChI is InChI=1S/C12H14ClNO4/c1-18-12-5-8(11(17)7-15)2-3-9(12)4-10(16)6-14-13/h2-3,5,14-15H,4,6-7H2,1H3. The Morgan fingerprint density at radius 1 is 1.44 bits per heavy atom. The third-order valence-electron chi connectivity index (χ3n) is 2.40. The van der Waals surface area contributed by atoms with Crippen molar-refractivity contribution in [2.45, 2.75) is 6.42 Å². The van der Waals surface area contributed by atoms with Gasteiger partial charge in [0.2, 0.25) is 0 Å². The molecule has 0 saturated heterocycles. The minimum atomic E-state index is -0.558. The molecule has 98 valence electrons. The second-order valence-corrected chi connectivity index (χ2v) is 3.90. The number of hydrogen-bond donors (Lipinski definition) is 2.